The predicted octanol–water partition coefficient (Wildman–Crippen LogP) is 2.23. The van der Waals surface area contributed by atoms with Gasteiger partial charge in [-0.3, -0.25) is 4.79 Å². The summed E-state index contributed by atoms with van der Waals surface area (Å²) >= 11 is 0. The van der Waals surface area contributed by atoms with Crippen LogP contribution in [0.3, 0.4) is 0 Å². The van der Waals surface area contributed by atoms with Gasteiger partial charge in [-0.25, -0.2) is 0 Å². The number of nitrogens with zero attached hydrogens (tertiary/aromatic N) is 2. The lowest BCUT2D eigenvalue weighted by atomic mass is 10.2. The van der Waals surface area contributed by atoms with Crippen molar-refractivity contribution >= 4 is 12.0 Å². The lowest BCUT2D eigenvalue weighted by Gasteiger charge is -2.10. The number of halogens is 2. The maximum Gasteiger partial charge on any atom is 0.387 e. The first-order valence-corrected chi connectivity index (χ1v) is 6.57. The number of alkyl halides is 2. The number of aryl methyl sites for hydroxylation is 1. The fraction of sp³-hybridized carbons (Fsp3) is 0.200. The number of hydrogen-bond donors (Lipinski definition) is 1. The van der Waals surface area contributed by atoms with Crippen molar-refractivity contribution in [1.82, 2.24) is 4.68 Å². The minimum Gasteiger partial charge on any atom is -0.493 e. The Morgan fingerprint density at radius 3 is 2.61 bits per heavy atom. The van der Waals surface area contributed by atoms with Crippen LogP contribution in [0.15, 0.2) is 40.2 Å². The average molecular weight is 323 g/mol. The Morgan fingerprint density at radius 2 is 2.00 bits per heavy atom. The molecule has 0 unspecified atom stereocenters. The second kappa shape index (κ2) is 6.91. The first-order chi connectivity index (χ1) is 10.9. The molecule has 1 heterocycles. The summed E-state index contributed by atoms with van der Waals surface area (Å²) in [6.45, 7) is -1.20. The number of anilines is 1. The van der Waals surface area contributed by atoms with Crippen LogP contribution < -0.4 is 20.8 Å². The number of pyridine rings is 1. The van der Waals surface area contributed by atoms with Crippen molar-refractivity contribution in [3.05, 3.63) is 51.8 Å². The van der Waals surface area contributed by atoms with E-state index in [1.807, 2.05) is 0 Å². The lowest BCUT2D eigenvalue weighted by Crippen LogP contribution is -2.19. The molecule has 1 aromatic carbocycles. The van der Waals surface area contributed by atoms with Crippen LogP contribution in [0.1, 0.15) is 11.1 Å². The summed E-state index contributed by atoms with van der Waals surface area (Å²) in [5.41, 5.74) is 6.62. The molecule has 6 nitrogen and oxygen atoms in total. The maximum absolute atomic E-state index is 12.3. The monoisotopic (exact) mass is 323 g/mol. The number of aromatic nitrogens is 1. The number of nitrogens with two attached hydrogens (primary N) is 1. The number of nitrogen functional groups attached to an aromatic ring is 1. The van der Waals surface area contributed by atoms with E-state index < -0.39 is 6.61 Å². The second-order valence-electron chi connectivity index (χ2n) is 4.64. The highest BCUT2D eigenvalue weighted by molar-refractivity contribution is 5.81. The van der Waals surface area contributed by atoms with Gasteiger partial charge in [-0.2, -0.15) is 18.6 Å². The van der Waals surface area contributed by atoms with E-state index in [4.69, 9.17) is 10.5 Å². The summed E-state index contributed by atoms with van der Waals surface area (Å²) in [5.74, 6) is 0.223. The van der Waals surface area contributed by atoms with Gasteiger partial charge in [-0.15, -0.1) is 0 Å². The van der Waals surface area contributed by atoms with E-state index in [-0.39, 0.29) is 22.9 Å². The number of benzene rings is 1. The number of methoxy groups -OCH3 is 1. The van der Waals surface area contributed by atoms with E-state index in [1.54, 1.807) is 13.0 Å². The van der Waals surface area contributed by atoms with Crippen LogP contribution in [0.5, 0.6) is 11.5 Å². The lowest BCUT2D eigenvalue weighted by molar-refractivity contribution is -0.0512. The Kier molecular flexibility index (Phi) is 4.95. The molecule has 0 atom stereocenters. The van der Waals surface area contributed by atoms with Gasteiger partial charge in [0.25, 0.3) is 5.56 Å². The molecule has 0 spiro atoms. The Balaban J connectivity index is 2.32. The Morgan fingerprint density at radius 1 is 1.26 bits per heavy atom. The third-order valence-corrected chi connectivity index (χ3v) is 2.91. The number of rotatable bonds is 5. The zero-order valence-electron chi connectivity index (χ0n) is 12.5. The van der Waals surface area contributed by atoms with E-state index in [1.165, 1.54) is 37.6 Å². The molecule has 0 saturated carbocycles. The smallest absolute Gasteiger partial charge is 0.387 e. The Hall–Kier alpha value is -2.90. The van der Waals surface area contributed by atoms with Crippen LogP contribution >= 0.6 is 0 Å². The van der Waals surface area contributed by atoms with E-state index in [0.717, 1.165) is 10.2 Å². The third-order valence-electron chi connectivity index (χ3n) is 2.91. The quantitative estimate of drug-likeness (QED) is 0.856. The van der Waals surface area contributed by atoms with Crippen LogP contribution in [-0.4, -0.2) is 24.6 Å². The van der Waals surface area contributed by atoms with E-state index in [9.17, 15) is 13.6 Å². The van der Waals surface area contributed by atoms with Gasteiger partial charge in [0.05, 0.1) is 13.3 Å². The van der Waals surface area contributed by atoms with Crippen molar-refractivity contribution in [2.75, 3.05) is 12.8 Å². The molecule has 122 valence electrons. The van der Waals surface area contributed by atoms with Crippen molar-refractivity contribution in [2.45, 2.75) is 13.5 Å². The average Bonchev–Trinajstić information content (AvgIpc) is 2.46. The summed E-state index contributed by atoms with van der Waals surface area (Å²) in [6, 6.07) is 7.29. The predicted molar refractivity (Wildman–Crippen MR) is 82.5 cm³/mol. The van der Waals surface area contributed by atoms with Gasteiger partial charge < -0.3 is 15.2 Å². The van der Waals surface area contributed by atoms with E-state index >= 15 is 0 Å². The standard InChI is InChI=1S/C15H15F2N3O3/c1-9-5-13(18)20(14(21)6-9)19-8-10-3-4-11(23-15(16)17)12(7-10)22-2/h3-8,15H,18H2,1-2H3/b19-8-. The largest absolute Gasteiger partial charge is 0.493 e. The minimum atomic E-state index is -2.95. The van der Waals surface area contributed by atoms with Crippen LogP contribution in [0.4, 0.5) is 14.6 Å². The summed E-state index contributed by atoms with van der Waals surface area (Å²) < 4.78 is 34.9. The highest BCUT2D eigenvalue weighted by Crippen LogP contribution is 2.28. The minimum absolute atomic E-state index is 0.0910. The van der Waals surface area contributed by atoms with E-state index in [2.05, 4.69) is 9.84 Å². The van der Waals surface area contributed by atoms with Crippen molar-refractivity contribution in [2.24, 2.45) is 5.10 Å². The summed E-state index contributed by atoms with van der Waals surface area (Å²) in [6.07, 6.45) is 1.36. The molecule has 0 saturated heterocycles. The van der Waals surface area contributed by atoms with Crippen LogP contribution in [0, 0.1) is 6.92 Å². The zero-order chi connectivity index (χ0) is 17.0. The first kappa shape index (κ1) is 16.5. The summed E-state index contributed by atoms with van der Waals surface area (Å²) in [7, 11) is 1.33. The fourth-order valence-corrected chi connectivity index (χ4v) is 1.93. The third kappa shape index (κ3) is 4.06. The molecular weight excluding hydrogens is 308 g/mol. The van der Waals surface area contributed by atoms with Crippen molar-refractivity contribution < 1.29 is 18.3 Å². The number of ether oxygens (including phenoxy) is 2. The molecule has 0 radical (unpaired) electrons. The summed E-state index contributed by atoms with van der Waals surface area (Å²) in [4.78, 5) is 11.8. The maximum atomic E-state index is 12.3. The summed E-state index contributed by atoms with van der Waals surface area (Å²) in [5, 5.41) is 3.99. The highest BCUT2D eigenvalue weighted by atomic mass is 19.3. The first-order valence-electron chi connectivity index (χ1n) is 6.57. The zero-order valence-corrected chi connectivity index (χ0v) is 12.5. The van der Waals surface area contributed by atoms with Crippen molar-refractivity contribution in [3.63, 3.8) is 0 Å². The number of hydrogen-bond acceptors (Lipinski definition) is 5. The van der Waals surface area contributed by atoms with Gasteiger partial charge in [0.1, 0.15) is 5.82 Å². The molecule has 23 heavy (non-hydrogen) atoms. The Bertz CT molecular complexity index is 788. The van der Waals surface area contributed by atoms with Crippen molar-refractivity contribution in [1.29, 1.82) is 0 Å². The fourth-order valence-electron chi connectivity index (χ4n) is 1.93. The Labute approximate surface area is 130 Å². The van der Waals surface area contributed by atoms with Crippen LogP contribution in [-0.2, 0) is 0 Å². The normalized spacial score (nSPS) is 11.2. The van der Waals surface area contributed by atoms with Crippen LogP contribution in [0.25, 0.3) is 0 Å². The molecule has 2 rings (SSSR count). The molecule has 0 bridgehead atoms. The van der Waals surface area contributed by atoms with Gasteiger partial charge in [0.2, 0.25) is 0 Å². The molecule has 0 fully saturated rings. The molecule has 0 amide bonds. The van der Waals surface area contributed by atoms with Crippen LogP contribution in [0.2, 0.25) is 0 Å². The molecular formula is C15H15F2N3O3. The second-order valence-corrected chi connectivity index (χ2v) is 4.64. The molecule has 0 aliphatic carbocycles. The van der Waals surface area contributed by atoms with Gasteiger partial charge in [-0.1, -0.05) is 0 Å². The molecule has 1 aromatic heterocycles. The molecule has 2 N–H and O–H groups in total. The molecule has 0 aliphatic rings. The van der Waals surface area contributed by atoms with Gasteiger partial charge in [0.15, 0.2) is 11.5 Å². The molecule has 0 aliphatic heterocycles. The molecule has 8 heteroatoms. The highest BCUT2D eigenvalue weighted by Gasteiger charge is 2.10. The van der Waals surface area contributed by atoms with Gasteiger partial charge in [-0.05, 0) is 42.3 Å². The molecule has 2 aromatic rings. The van der Waals surface area contributed by atoms with Crippen molar-refractivity contribution in [3.8, 4) is 11.5 Å². The topological polar surface area (TPSA) is 78.8 Å². The SMILES string of the molecule is COc1cc(/C=N\n2c(N)cc(C)cc2=O)ccc1OC(F)F. The van der Waals surface area contributed by atoms with E-state index in [0.29, 0.717) is 5.56 Å². The van der Waals surface area contributed by atoms with Gasteiger partial charge >= 0.3 is 6.61 Å². The van der Waals surface area contributed by atoms with Gasteiger partial charge in [0, 0.05) is 6.07 Å².